The van der Waals surface area contributed by atoms with Gasteiger partial charge in [0.15, 0.2) is 5.76 Å². The summed E-state index contributed by atoms with van der Waals surface area (Å²) in [5, 5.41) is 2.64. The van der Waals surface area contributed by atoms with Crippen LogP contribution < -0.4 is 15.8 Å². The van der Waals surface area contributed by atoms with E-state index < -0.39 is 23.7 Å². The maximum absolute atomic E-state index is 13.6. The van der Waals surface area contributed by atoms with E-state index >= 15 is 0 Å². The minimum absolute atomic E-state index is 0.0163. The van der Waals surface area contributed by atoms with Crippen LogP contribution in [0.1, 0.15) is 31.7 Å². The van der Waals surface area contributed by atoms with E-state index in [4.69, 9.17) is 19.3 Å². The number of ether oxygens (including phenoxy) is 1. The molecule has 0 fully saturated rings. The number of carbonyl (C=O) groups is 2. The molecule has 4 heterocycles. The summed E-state index contributed by atoms with van der Waals surface area (Å²) in [7, 11) is 0. The lowest BCUT2D eigenvalue weighted by Gasteiger charge is -2.10. The molecule has 38 heavy (non-hydrogen) atoms. The van der Waals surface area contributed by atoms with E-state index in [1.165, 1.54) is 24.5 Å². The van der Waals surface area contributed by atoms with E-state index in [0.717, 1.165) is 9.64 Å². The van der Waals surface area contributed by atoms with Crippen LogP contribution in [0.3, 0.4) is 0 Å². The molecule has 13 heteroatoms. The molecule has 0 unspecified atom stereocenters. The number of benzene rings is 1. The molecule has 0 bridgehead atoms. The van der Waals surface area contributed by atoms with Gasteiger partial charge in [0.25, 0.3) is 11.8 Å². The standard InChI is InChI=1S/C25H15F3IN3O5S/c26-25(27,28)18-10-15(16-2-1-9-35-16)19-20(21(22(30)33)38-24(19)31-18)32-23(34)17-8-7-14(37-17)11-36-13-5-3-12(29)4-6-13/h1-10H,11H2,(H2,30,33)(H,32,34). The maximum atomic E-state index is 13.6. The molecule has 2 amide bonds. The first kappa shape index (κ1) is 25.8. The van der Waals surface area contributed by atoms with Crippen molar-refractivity contribution in [3.05, 3.63) is 86.5 Å². The van der Waals surface area contributed by atoms with Gasteiger partial charge in [0, 0.05) is 14.5 Å². The second-order valence-electron chi connectivity index (χ2n) is 7.84. The molecule has 5 aromatic rings. The molecular formula is C25H15F3IN3O5S. The normalized spacial score (nSPS) is 11.6. The number of nitrogens with two attached hydrogens (primary N) is 1. The summed E-state index contributed by atoms with van der Waals surface area (Å²) in [5.41, 5.74) is 4.20. The number of pyridine rings is 1. The van der Waals surface area contributed by atoms with E-state index in [0.29, 0.717) is 22.8 Å². The quantitative estimate of drug-likeness (QED) is 0.189. The first-order valence-corrected chi connectivity index (χ1v) is 12.7. The number of furan rings is 2. The highest BCUT2D eigenvalue weighted by Crippen LogP contribution is 2.43. The zero-order valence-electron chi connectivity index (χ0n) is 19.0. The van der Waals surface area contributed by atoms with Crippen molar-refractivity contribution in [2.75, 3.05) is 5.32 Å². The highest BCUT2D eigenvalue weighted by Gasteiger charge is 2.35. The molecule has 0 spiro atoms. The van der Waals surface area contributed by atoms with Crippen molar-refractivity contribution in [3.8, 4) is 17.1 Å². The van der Waals surface area contributed by atoms with Gasteiger partial charge in [-0.05, 0) is 77.2 Å². The van der Waals surface area contributed by atoms with Crippen molar-refractivity contribution in [1.29, 1.82) is 0 Å². The van der Waals surface area contributed by atoms with Crippen molar-refractivity contribution in [1.82, 2.24) is 4.98 Å². The van der Waals surface area contributed by atoms with Crippen LogP contribution in [0.5, 0.6) is 5.75 Å². The van der Waals surface area contributed by atoms with Crippen LogP contribution in [-0.4, -0.2) is 16.8 Å². The van der Waals surface area contributed by atoms with Crippen molar-refractivity contribution in [3.63, 3.8) is 0 Å². The number of primary amides is 1. The van der Waals surface area contributed by atoms with Crippen LogP contribution in [0.4, 0.5) is 18.9 Å². The summed E-state index contributed by atoms with van der Waals surface area (Å²) in [6.07, 6.45) is -3.47. The first-order chi connectivity index (χ1) is 18.1. The van der Waals surface area contributed by atoms with E-state index in [9.17, 15) is 22.8 Å². The molecule has 1 aromatic carbocycles. The number of nitrogens with one attached hydrogen (secondary N) is 1. The molecule has 4 aromatic heterocycles. The van der Waals surface area contributed by atoms with Crippen LogP contribution in [0.2, 0.25) is 0 Å². The number of aromatic nitrogens is 1. The lowest BCUT2D eigenvalue weighted by atomic mass is 10.1. The molecule has 194 valence electrons. The summed E-state index contributed by atoms with van der Waals surface area (Å²) in [4.78, 5) is 28.6. The number of hydrogen-bond acceptors (Lipinski definition) is 7. The minimum Gasteiger partial charge on any atom is -0.486 e. The van der Waals surface area contributed by atoms with E-state index in [2.05, 4.69) is 32.9 Å². The second-order valence-corrected chi connectivity index (χ2v) is 10.1. The highest BCUT2D eigenvalue weighted by atomic mass is 127. The van der Waals surface area contributed by atoms with Crippen LogP contribution in [0.25, 0.3) is 21.5 Å². The molecule has 0 aliphatic rings. The summed E-state index contributed by atoms with van der Waals surface area (Å²) >= 11 is 2.80. The summed E-state index contributed by atoms with van der Waals surface area (Å²) < 4.78 is 58.3. The number of carbonyl (C=O) groups excluding carboxylic acids is 2. The molecule has 0 radical (unpaired) electrons. The predicted molar refractivity (Wildman–Crippen MR) is 141 cm³/mol. The fourth-order valence-corrected chi connectivity index (χ4v) is 4.97. The van der Waals surface area contributed by atoms with E-state index in [1.807, 2.05) is 12.1 Å². The van der Waals surface area contributed by atoms with Gasteiger partial charge in [0.1, 0.15) is 39.3 Å². The zero-order chi connectivity index (χ0) is 27.0. The van der Waals surface area contributed by atoms with Crippen LogP contribution in [-0.2, 0) is 12.8 Å². The Balaban J connectivity index is 1.49. The third kappa shape index (κ3) is 5.24. The number of halogens is 4. The molecule has 5 rings (SSSR count). The van der Waals surface area contributed by atoms with Crippen LogP contribution in [0, 0.1) is 3.57 Å². The van der Waals surface area contributed by atoms with Crippen molar-refractivity contribution >= 4 is 61.6 Å². The monoisotopic (exact) mass is 653 g/mol. The van der Waals surface area contributed by atoms with Gasteiger partial charge < -0.3 is 24.6 Å². The maximum Gasteiger partial charge on any atom is 0.433 e. The smallest absolute Gasteiger partial charge is 0.433 e. The first-order valence-electron chi connectivity index (χ1n) is 10.8. The number of nitrogens with zero attached hydrogens (tertiary/aromatic N) is 1. The van der Waals surface area contributed by atoms with E-state index in [1.54, 1.807) is 18.2 Å². The topological polar surface area (TPSA) is 121 Å². The molecule has 0 aliphatic carbocycles. The fourth-order valence-electron chi connectivity index (χ4n) is 3.60. The van der Waals surface area contributed by atoms with Gasteiger partial charge in [-0.25, -0.2) is 4.98 Å². The molecule has 8 nitrogen and oxygen atoms in total. The Morgan fingerprint density at radius 1 is 1.13 bits per heavy atom. The largest absolute Gasteiger partial charge is 0.486 e. The Morgan fingerprint density at radius 3 is 2.55 bits per heavy atom. The molecular weight excluding hydrogens is 638 g/mol. The number of rotatable bonds is 7. The molecule has 0 atom stereocenters. The predicted octanol–water partition coefficient (Wildman–Crippen LogP) is 6.70. The Hall–Kier alpha value is -3.85. The van der Waals surface area contributed by atoms with Gasteiger partial charge in [-0.2, -0.15) is 13.2 Å². The number of amides is 2. The fraction of sp³-hybridized carbons (Fsp3) is 0.0800. The Bertz CT molecular complexity index is 1640. The average molecular weight is 653 g/mol. The van der Waals surface area contributed by atoms with E-state index in [-0.39, 0.29) is 44.5 Å². The zero-order valence-corrected chi connectivity index (χ0v) is 21.9. The lowest BCUT2D eigenvalue weighted by Crippen LogP contribution is -2.16. The van der Waals surface area contributed by atoms with Gasteiger partial charge in [-0.1, -0.05) is 0 Å². The number of alkyl halides is 3. The van der Waals surface area contributed by atoms with Crippen molar-refractivity contribution in [2.24, 2.45) is 5.73 Å². The van der Waals surface area contributed by atoms with Crippen molar-refractivity contribution in [2.45, 2.75) is 12.8 Å². The highest BCUT2D eigenvalue weighted by molar-refractivity contribution is 14.1. The summed E-state index contributed by atoms with van der Waals surface area (Å²) in [6, 6.07) is 14.0. The minimum atomic E-state index is -4.76. The van der Waals surface area contributed by atoms with Gasteiger partial charge in [0.2, 0.25) is 0 Å². The van der Waals surface area contributed by atoms with Crippen LogP contribution in [0.15, 0.2) is 69.7 Å². The van der Waals surface area contributed by atoms with Gasteiger partial charge >= 0.3 is 6.18 Å². The molecule has 0 saturated heterocycles. The Kier molecular flexibility index (Phi) is 6.88. The molecule has 3 N–H and O–H groups in total. The Morgan fingerprint density at radius 2 is 1.89 bits per heavy atom. The molecule has 0 saturated carbocycles. The summed E-state index contributed by atoms with van der Waals surface area (Å²) in [5.74, 6) is -0.765. The Labute approximate surface area is 229 Å². The number of hydrogen-bond donors (Lipinski definition) is 2. The third-order valence-corrected chi connectivity index (χ3v) is 7.10. The number of fused-ring (bicyclic) bond motifs is 1. The van der Waals surface area contributed by atoms with Gasteiger partial charge in [-0.3, -0.25) is 9.59 Å². The molecule has 0 aliphatic heterocycles. The average Bonchev–Trinajstić information content (AvgIpc) is 3.63. The SMILES string of the molecule is NC(=O)c1sc2nc(C(F)(F)F)cc(-c3ccco3)c2c1NC(=O)c1ccc(COc2ccc(I)cc2)o1. The van der Waals surface area contributed by atoms with Crippen molar-refractivity contribution < 1.29 is 36.3 Å². The number of anilines is 1. The van der Waals surface area contributed by atoms with Crippen LogP contribution >= 0.6 is 33.9 Å². The summed E-state index contributed by atoms with van der Waals surface area (Å²) in [6.45, 7) is 0.0502. The lowest BCUT2D eigenvalue weighted by molar-refractivity contribution is -0.140. The number of thiophene rings is 1. The third-order valence-electron chi connectivity index (χ3n) is 5.28. The second kappa shape index (κ2) is 10.1. The van der Waals surface area contributed by atoms with Gasteiger partial charge in [0.05, 0.1) is 12.0 Å². The van der Waals surface area contributed by atoms with Gasteiger partial charge in [-0.15, -0.1) is 11.3 Å².